The molecule has 2 fully saturated rings. The lowest BCUT2D eigenvalue weighted by Gasteiger charge is -2.42. The van der Waals surface area contributed by atoms with E-state index in [0.29, 0.717) is 0 Å². The highest BCUT2D eigenvalue weighted by Crippen LogP contribution is 2.45. The molecule has 0 aromatic heterocycles. The number of fused-ring (bicyclic) bond motifs is 1. The molecule has 5 rings (SSSR count). The number of benzene rings is 2. The molecule has 3 aliphatic rings. The monoisotopic (exact) mass is 612 g/mol. The number of rotatable bonds is 6. The minimum Gasteiger partial charge on any atom is -0.508 e. The van der Waals surface area contributed by atoms with Gasteiger partial charge in [-0.05, 0) is 19.1 Å². The van der Waals surface area contributed by atoms with Crippen LogP contribution in [0.25, 0.3) is 5.76 Å². The molecule has 2 aromatic rings. The molecule has 0 aliphatic carbocycles. The zero-order valence-electron chi connectivity index (χ0n) is 22.5. The molecule has 0 amide bonds. The van der Waals surface area contributed by atoms with E-state index in [2.05, 4.69) is 0 Å². The Morgan fingerprint density at radius 2 is 1.35 bits per heavy atom. The predicted octanol–water partition coefficient (Wildman–Crippen LogP) is -1.81. The van der Waals surface area contributed by atoms with E-state index in [-0.39, 0.29) is 46.3 Å². The Morgan fingerprint density at radius 3 is 2.02 bits per heavy atom. The first-order valence-corrected chi connectivity index (χ1v) is 13.2. The van der Waals surface area contributed by atoms with Gasteiger partial charge in [0.2, 0.25) is 6.29 Å². The molecule has 236 valence electrons. The average Bonchev–Trinajstić information content (AvgIpc) is 2.96. The first-order valence-electron chi connectivity index (χ1n) is 13.2. The molecule has 0 bridgehead atoms. The molecule has 16 heteroatoms. The van der Waals surface area contributed by atoms with Crippen molar-refractivity contribution in [3.8, 4) is 34.5 Å². The third kappa shape index (κ3) is 5.84. The number of ether oxygens (including phenoxy) is 5. The Hall–Kier alpha value is -3.58. The summed E-state index contributed by atoms with van der Waals surface area (Å²) in [5, 5.41) is 112. The molecular formula is C27H32O16. The van der Waals surface area contributed by atoms with Crippen molar-refractivity contribution in [3.05, 3.63) is 41.2 Å². The van der Waals surface area contributed by atoms with Crippen LogP contribution in [-0.4, -0.2) is 124 Å². The number of phenols is 5. The molecule has 0 saturated carbocycles. The Morgan fingerprint density at radius 1 is 0.721 bits per heavy atom. The summed E-state index contributed by atoms with van der Waals surface area (Å²) in [5.74, 6) is -3.37. The second-order valence-corrected chi connectivity index (χ2v) is 10.5. The largest absolute Gasteiger partial charge is 0.508 e. The van der Waals surface area contributed by atoms with Gasteiger partial charge in [-0.15, -0.1) is 0 Å². The van der Waals surface area contributed by atoms with Crippen molar-refractivity contribution in [3.63, 3.8) is 0 Å². The average molecular weight is 613 g/mol. The van der Waals surface area contributed by atoms with E-state index in [9.17, 15) is 56.2 Å². The summed E-state index contributed by atoms with van der Waals surface area (Å²) in [7, 11) is 0. The van der Waals surface area contributed by atoms with Crippen molar-refractivity contribution in [2.24, 2.45) is 0 Å². The van der Waals surface area contributed by atoms with E-state index in [0.717, 1.165) is 18.2 Å². The van der Waals surface area contributed by atoms with Crippen LogP contribution in [0.15, 0.2) is 30.0 Å². The Labute approximate surface area is 243 Å². The van der Waals surface area contributed by atoms with Gasteiger partial charge >= 0.3 is 0 Å². The molecule has 3 heterocycles. The third-order valence-electron chi connectivity index (χ3n) is 7.46. The highest BCUT2D eigenvalue weighted by atomic mass is 16.7. The van der Waals surface area contributed by atoms with Crippen molar-refractivity contribution in [2.75, 3.05) is 6.61 Å². The van der Waals surface area contributed by atoms with E-state index in [4.69, 9.17) is 23.7 Å². The fourth-order valence-corrected chi connectivity index (χ4v) is 4.98. The predicted molar refractivity (Wildman–Crippen MR) is 139 cm³/mol. The van der Waals surface area contributed by atoms with Gasteiger partial charge in [0, 0.05) is 29.7 Å². The van der Waals surface area contributed by atoms with E-state index >= 15 is 0 Å². The molecule has 2 saturated heterocycles. The summed E-state index contributed by atoms with van der Waals surface area (Å²) in [6.07, 6.45) is -15.8. The smallest absolute Gasteiger partial charge is 0.228 e. The minimum atomic E-state index is -1.86. The summed E-state index contributed by atoms with van der Waals surface area (Å²) in [4.78, 5) is 0. The lowest BCUT2D eigenvalue weighted by Crippen LogP contribution is -2.61. The number of aliphatic hydroxyl groups excluding tert-OH is 6. The van der Waals surface area contributed by atoms with Crippen molar-refractivity contribution in [2.45, 2.75) is 74.8 Å². The fraction of sp³-hybridized carbons (Fsp3) is 0.481. The first kappa shape index (κ1) is 30.9. The highest BCUT2D eigenvalue weighted by molar-refractivity contribution is 5.72. The van der Waals surface area contributed by atoms with Crippen LogP contribution in [0.5, 0.6) is 34.5 Å². The lowest BCUT2D eigenvalue weighted by atomic mass is 9.98. The third-order valence-corrected chi connectivity index (χ3v) is 7.46. The number of aromatic hydroxyl groups is 5. The summed E-state index contributed by atoms with van der Waals surface area (Å²) in [5.41, 5.74) is 0.0909. The van der Waals surface area contributed by atoms with Crippen molar-refractivity contribution in [1.29, 1.82) is 0 Å². The van der Waals surface area contributed by atoms with E-state index < -0.39 is 85.3 Å². The SMILES string of the molecule is C[C@@H]1O[C@@H](OC[C@H]2O[C@@H](OC3=C(c4cc(O)c(O)c(O)c4)Oc4cc(O)cc(O)c4C3)[C@H](O)[C@@H](O)[C@@H]2O)[C@H](O)[C@H](O)[C@H]1O. The highest BCUT2D eigenvalue weighted by Gasteiger charge is 2.48. The fourth-order valence-electron chi connectivity index (χ4n) is 4.98. The molecular weight excluding hydrogens is 580 g/mol. The van der Waals surface area contributed by atoms with Crippen LogP contribution >= 0.6 is 0 Å². The van der Waals surface area contributed by atoms with E-state index in [1.54, 1.807) is 0 Å². The molecule has 11 N–H and O–H groups in total. The number of hydrogen-bond donors (Lipinski definition) is 11. The maximum Gasteiger partial charge on any atom is 0.228 e. The van der Waals surface area contributed by atoms with Crippen LogP contribution in [0, 0.1) is 0 Å². The van der Waals surface area contributed by atoms with Gasteiger partial charge in [-0.2, -0.15) is 0 Å². The molecule has 43 heavy (non-hydrogen) atoms. The van der Waals surface area contributed by atoms with Gasteiger partial charge < -0.3 is 79.9 Å². The molecule has 16 nitrogen and oxygen atoms in total. The Kier molecular flexibility index (Phi) is 8.50. The van der Waals surface area contributed by atoms with Gasteiger partial charge in [0.15, 0.2) is 29.3 Å². The number of allylic oxidation sites excluding steroid dienone is 1. The van der Waals surface area contributed by atoms with Gasteiger partial charge in [0.25, 0.3) is 0 Å². The van der Waals surface area contributed by atoms with Crippen molar-refractivity contribution in [1.82, 2.24) is 0 Å². The van der Waals surface area contributed by atoms with Gasteiger partial charge in [-0.1, -0.05) is 0 Å². The van der Waals surface area contributed by atoms with Crippen LogP contribution < -0.4 is 4.74 Å². The van der Waals surface area contributed by atoms with Gasteiger partial charge in [-0.3, -0.25) is 0 Å². The summed E-state index contributed by atoms with van der Waals surface area (Å²) in [6, 6.07) is 4.28. The van der Waals surface area contributed by atoms with Crippen LogP contribution in [0.4, 0.5) is 0 Å². The molecule has 10 atom stereocenters. The zero-order chi connectivity index (χ0) is 31.3. The lowest BCUT2D eigenvalue weighted by molar-refractivity contribution is -0.324. The second kappa shape index (κ2) is 11.8. The van der Waals surface area contributed by atoms with Crippen molar-refractivity contribution >= 4 is 5.76 Å². The van der Waals surface area contributed by atoms with Crippen molar-refractivity contribution < 1.29 is 79.9 Å². The quantitative estimate of drug-likeness (QED) is 0.160. The molecule has 0 radical (unpaired) electrons. The first-order chi connectivity index (χ1) is 20.3. The molecule has 2 aromatic carbocycles. The molecule has 0 unspecified atom stereocenters. The van der Waals surface area contributed by atoms with E-state index in [1.807, 2.05) is 0 Å². The van der Waals surface area contributed by atoms with Crippen LogP contribution in [-0.2, 0) is 25.4 Å². The van der Waals surface area contributed by atoms with Crippen LogP contribution in [0.1, 0.15) is 18.1 Å². The number of phenolic OH excluding ortho intramolecular Hbond substituents is 5. The molecule has 3 aliphatic heterocycles. The number of aliphatic hydroxyl groups is 6. The maximum atomic E-state index is 10.7. The Balaban J connectivity index is 1.42. The normalized spacial score (nSPS) is 34.4. The zero-order valence-corrected chi connectivity index (χ0v) is 22.5. The summed E-state index contributed by atoms with van der Waals surface area (Å²) < 4.78 is 28.2. The van der Waals surface area contributed by atoms with Gasteiger partial charge in [-0.25, -0.2) is 0 Å². The minimum absolute atomic E-state index is 0.0219. The van der Waals surface area contributed by atoms with Crippen LogP contribution in [0.3, 0.4) is 0 Å². The van der Waals surface area contributed by atoms with Crippen LogP contribution in [0.2, 0.25) is 0 Å². The summed E-state index contributed by atoms with van der Waals surface area (Å²) >= 11 is 0. The Bertz CT molecular complexity index is 1360. The molecule has 0 spiro atoms. The standard InChI is InChI=1S/C27H32O16/c1-8-18(32)21(35)23(37)26(40-8)39-7-17-20(34)22(36)24(38)27(43-17)42-16-6-11-12(29)4-10(28)5-15(11)41-25(16)9-2-13(30)19(33)14(31)3-9/h2-5,8,17-18,20-24,26-38H,6-7H2,1H3/t8-,17+,18-,20+,21+,22-,23+,24+,26+,27+/m0/s1. The maximum absolute atomic E-state index is 10.7. The van der Waals surface area contributed by atoms with Gasteiger partial charge in [0.1, 0.15) is 65.7 Å². The summed E-state index contributed by atoms with van der Waals surface area (Å²) in [6.45, 7) is 0.890. The van der Waals surface area contributed by atoms with Gasteiger partial charge in [0.05, 0.1) is 12.7 Å². The topological polar surface area (TPSA) is 269 Å². The number of hydrogen-bond acceptors (Lipinski definition) is 16. The van der Waals surface area contributed by atoms with E-state index in [1.165, 1.54) is 13.0 Å². The second-order valence-electron chi connectivity index (χ2n) is 10.5.